The molecule has 0 aliphatic carbocycles. The van der Waals surface area contributed by atoms with Gasteiger partial charge >= 0.3 is 0 Å². The maximum Gasteiger partial charge on any atom is 0.188 e. The summed E-state index contributed by atoms with van der Waals surface area (Å²) in [7, 11) is 1.64. The number of nitrogens with zero attached hydrogens (tertiary/aromatic N) is 3. The van der Waals surface area contributed by atoms with Gasteiger partial charge in [0.15, 0.2) is 5.96 Å². The summed E-state index contributed by atoms with van der Waals surface area (Å²) in [6.45, 7) is 4.66. The van der Waals surface area contributed by atoms with E-state index in [1.807, 2.05) is 24.0 Å². The van der Waals surface area contributed by atoms with Crippen LogP contribution < -0.4 is 11.1 Å². The van der Waals surface area contributed by atoms with E-state index < -0.39 is 0 Å². The van der Waals surface area contributed by atoms with E-state index in [-0.39, 0.29) is 24.0 Å². The van der Waals surface area contributed by atoms with E-state index in [2.05, 4.69) is 15.4 Å². The van der Waals surface area contributed by atoms with Gasteiger partial charge < -0.3 is 15.8 Å². The zero-order valence-electron chi connectivity index (χ0n) is 10.2. The van der Waals surface area contributed by atoms with E-state index in [1.54, 1.807) is 7.11 Å². The summed E-state index contributed by atoms with van der Waals surface area (Å²) >= 11 is 0. The summed E-state index contributed by atoms with van der Waals surface area (Å²) in [6.07, 6.45) is 3.82. The van der Waals surface area contributed by atoms with Gasteiger partial charge in [-0.3, -0.25) is 9.67 Å². The fourth-order valence-corrected chi connectivity index (χ4v) is 1.20. The van der Waals surface area contributed by atoms with E-state index in [0.29, 0.717) is 25.7 Å². The molecule has 7 heteroatoms. The summed E-state index contributed by atoms with van der Waals surface area (Å²) < 4.78 is 6.73. The average molecular weight is 353 g/mol. The highest BCUT2D eigenvalue weighted by atomic mass is 127. The molecule has 17 heavy (non-hydrogen) atoms. The Bertz CT molecular complexity index is 339. The van der Waals surface area contributed by atoms with Crippen molar-refractivity contribution in [3.63, 3.8) is 0 Å². The molecule has 0 aliphatic rings. The van der Waals surface area contributed by atoms with Gasteiger partial charge in [-0.2, -0.15) is 5.10 Å². The van der Waals surface area contributed by atoms with Crippen LogP contribution in [0.1, 0.15) is 5.56 Å². The maximum atomic E-state index is 5.64. The highest BCUT2D eigenvalue weighted by Crippen LogP contribution is 1.92. The molecule has 3 N–H and O–H groups in total. The lowest BCUT2D eigenvalue weighted by atomic mass is 10.4. The zero-order valence-corrected chi connectivity index (χ0v) is 12.5. The molecule has 0 unspecified atom stereocenters. The van der Waals surface area contributed by atoms with Crippen LogP contribution in [0.15, 0.2) is 17.4 Å². The Balaban J connectivity index is 0.00000256. The second kappa shape index (κ2) is 9.23. The minimum atomic E-state index is 0. The second-order valence-corrected chi connectivity index (χ2v) is 3.47. The molecule has 98 valence electrons. The Labute approximate surface area is 119 Å². The highest BCUT2D eigenvalue weighted by Gasteiger charge is 1.94. The zero-order chi connectivity index (χ0) is 11.8. The molecule has 1 aromatic rings. The van der Waals surface area contributed by atoms with Crippen molar-refractivity contribution in [1.82, 2.24) is 15.1 Å². The molecule has 0 amide bonds. The molecule has 0 saturated carbocycles. The quantitative estimate of drug-likeness (QED) is 0.335. The minimum absolute atomic E-state index is 0. The molecule has 0 atom stereocenters. The summed E-state index contributed by atoms with van der Waals surface area (Å²) in [5.41, 5.74) is 6.79. The van der Waals surface area contributed by atoms with Gasteiger partial charge in [-0.1, -0.05) is 0 Å². The van der Waals surface area contributed by atoms with Crippen molar-refractivity contribution < 1.29 is 4.74 Å². The van der Waals surface area contributed by atoms with Gasteiger partial charge in [0.25, 0.3) is 0 Å². The fourth-order valence-electron chi connectivity index (χ4n) is 1.20. The number of halogens is 1. The van der Waals surface area contributed by atoms with E-state index in [1.165, 1.54) is 0 Å². The van der Waals surface area contributed by atoms with E-state index >= 15 is 0 Å². The van der Waals surface area contributed by atoms with Crippen molar-refractivity contribution in [2.45, 2.75) is 13.5 Å². The first-order valence-corrected chi connectivity index (χ1v) is 5.24. The topological polar surface area (TPSA) is 77.5 Å². The van der Waals surface area contributed by atoms with Crippen LogP contribution in [0.5, 0.6) is 0 Å². The van der Waals surface area contributed by atoms with Crippen LogP contribution in [0.3, 0.4) is 0 Å². The van der Waals surface area contributed by atoms with Crippen LogP contribution in [0.2, 0.25) is 0 Å². The summed E-state index contributed by atoms with van der Waals surface area (Å²) in [5, 5.41) is 7.17. The first-order valence-electron chi connectivity index (χ1n) is 5.24. The lowest BCUT2D eigenvalue weighted by Crippen LogP contribution is -2.34. The Morgan fingerprint density at radius 2 is 2.41 bits per heavy atom. The summed E-state index contributed by atoms with van der Waals surface area (Å²) in [6, 6.07) is 0. The third-order valence-electron chi connectivity index (χ3n) is 1.99. The van der Waals surface area contributed by atoms with Gasteiger partial charge in [0.2, 0.25) is 0 Å². The third kappa shape index (κ3) is 7.16. The molecular formula is C10H20IN5O. The molecule has 0 bridgehead atoms. The molecule has 0 spiro atoms. The van der Waals surface area contributed by atoms with Gasteiger partial charge in [-0.15, -0.1) is 24.0 Å². The Kier molecular flexibility index (Phi) is 8.78. The number of aliphatic imine (C=N–C) groups is 1. The number of nitrogens with one attached hydrogen (secondary N) is 1. The largest absolute Gasteiger partial charge is 0.383 e. The Hall–Kier alpha value is -0.830. The predicted octanol–water partition coefficient (Wildman–Crippen LogP) is 0.360. The van der Waals surface area contributed by atoms with Crippen LogP contribution in [-0.4, -0.2) is 42.5 Å². The molecule has 1 rings (SSSR count). The normalized spacial score (nSPS) is 11.1. The Morgan fingerprint density at radius 3 is 3.00 bits per heavy atom. The lowest BCUT2D eigenvalue weighted by Gasteiger charge is -2.05. The fraction of sp³-hybridized carbons (Fsp3) is 0.600. The van der Waals surface area contributed by atoms with Gasteiger partial charge in [-0.05, 0) is 12.5 Å². The van der Waals surface area contributed by atoms with Gasteiger partial charge in [0, 0.05) is 19.9 Å². The van der Waals surface area contributed by atoms with E-state index in [0.717, 1.165) is 12.1 Å². The highest BCUT2D eigenvalue weighted by molar-refractivity contribution is 14.0. The number of hydrogen-bond donors (Lipinski definition) is 2. The lowest BCUT2D eigenvalue weighted by molar-refractivity contribution is 0.208. The Morgan fingerprint density at radius 1 is 1.65 bits per heavy atom. The first kappa shape index (κ1) is 16.2. The van der Waals surface area contributed by atoms with Crippen LogP contribution in [0, 0.1) is 6.92 Å². The minimum Gasteiger partial charge on any atom is -0.383 e. The molecule has 1 heterocycles. The molecular weight excluding hydrogens is 333 g/mol. The predicted molar refractivity (Wildman–Crippen MR) is 78.7 cm³/mol. The van der Waals surface area contributed by atoms with E-state index in [9.17, 15) is 0 Å². The molecule has 0 saturated heterocycles. The molecule has 0 fully saturated rings. The third-order valence-corrected chi connectivity index (χ3v) is 1.99. The number of aromatic nitrogens is 2. The van der Waals surface area contributed by atoms with Crippen molar-refractivity contribution >= 4 is 29.9 Å². The first-order chi connectivity index (χ1) is 7.72. The molecule has 1 aromatic heterocycles. The van der Waals surface area contributed by atoms with Crippen molar-refractivity contribution in [1.29, 1.82) is 0 Å². The summed E-state index contributed by atoms with van der Waals surface area (Å²) in [4.78, 5) is 4.08. The van der Waals surface area contributed by atoms with Crippen molar-refractivity contribution in [3.8, 4) is 0 Å². The number of ether oxygens (including phenoxy) is 1. The number of guanidine groups is 1. The van der Waals surface area contributed by atoms with Crippen molar-refractivity contribution in [2.75, 3.05) is 26.8 Å². The van der Waals surface area contributed by atoms with Gasteiger partial charge in [0.1, 0.15) is 0 Å². The molecule has 6 nitrogen and oxygen atoms in total. The summed E-state index contributed by atoms with van der Waals surface area (Å²) in [5.74, 6) is 0.445. The van der Waals surface area contributed by atoms with Crippen LogP contribution in [0.25, 0.3) is 0 Å². The molecule has 0 aromatic carbocycles. The van der Waals surface area contributed by atoms with E-state index in [4.69, 9.17) is 10.5 Å². The number of aryl methyl sites for hydroxylation is 1. The SMILES string of the molecule is COCCN=C(N)NCCn1cc(C)cn1.I. The van der Waals surface area contributed by atoms with Crippen molar-refractivity contribution in [3.05, 3.63) is 18.0 Å². The number of rotatable bonds is 6. The van der Waals surface area contributed by atoms with Crippen molar-refractivity contribution in [2.24, 2.45) is 10.7 Å². The second-order valence-electron chi connectivity index (χ2n) is 3.47. The smallest absolute Gasteiger partial charge is 0.188 e. The van der Waals surface area contributed by atoms with Gasteiger partial charge in [0.05, 0.1) is 25.9 Å². The monoisotopic (exact) mass is 353 g/mol. The molecule has 0 radical (unpaired) electrons. The standard InChI is InChI=1S/C10H19N5O.HI/c1-9-7-14-15(8-9)5-3-12-10(11)13-4-6-16-2;/h7-8H,3-6H2,1-2H3,(H3,11,12,13);1H. The van der Waals surface area contributed by atoms with Crippen LogP contribution in [0.4, 0.5) is 0 Å². The van der Waals surface area contributed by atoms with Gasteiger partial charge in [-0.25, -0.2) is 0 Å². The van der Waals surface area contributed by atoms with Crippen LogP contribution >= 0.6 is 24.0 Å². The number of methoxy groups -OCH3 is 1. The van der Waals surface area contributed by atoms with Crippen LogP contribution in [-0.2, 0) is 11.3 Å². The average Bonchev–Trinajstić information content (AvgIpc) is 2.65. The maximum absolute atomic E-state index is 5.64. The number of hydrogen-bond acceptors (Lipinski definition) is 3. The number of nitrogens with two attached hydrogens (primary N) is 1. The molecule has 0 aliphatic heterocycles.